The van der Waals surface area contributed by atoms with E-state index in [4.69, 9.17) is 4.74 Å². The number of alkyl halides is 3. The number of carbonyl (C=O) groups excluding carboxylic acids is 1. The second kappa shape index (κ2) is 7.44. The molecule has 2 unspecified atom stereocenters. The van der Waals surface area contributed by atoms with E-state index in [1.165, 1.54) is 11.0 Å². The predicted octanol–water partition coefficient (Wildman–Crippen LogP) is 1.25. The number of fused-ring (bicyclic) bond motifs is 1. The summed E-state index contributed by atoms with van der Waals surface area (Å²) in [7, 11) is 0. The zero-order chi connectivity index (χ0) is 19.9. The van der Waals surface area contributed by atoms with E-state index in [9.17, 15) is 23.1 Å². The van der Waals surface area contributed by atoms with Gasteiger partial charge in [0, 0.05) is 51.5 Å². The molecule has 1 aromatic rings. The van der Waals surface area contributed by atoms with Crippen LogP contribution in [0.5, 0.6) is 0 Å². The minimum atomic E-state index is -4.44. The molecule has 3 aliphatic rings. The molecule has 3 aliphatic heterocycles. The maximum absolute atomic E-state index is 14.0. The molecular formula is C19H23F3N3O3-. The number of hydrogen-bond acceptors (Lipinski definition) is 5. The average Bonchev–Trinajstić information content (AvgIpc) is 3.20. The largest absolute Gasteiger partial charge is 0.530 e. The van der Waals surface area contributed by atoms with Gasteiger partial charge in [-0.15, -0.1) is 0 Å². The zero-order valence-corrected chi connectivity index (χ0v) is 15.5. The van der Waals surface area contributed by atoms with Gasteiger partial charge in [0.05, 0.1) is 18.8 Å². The summed E-state index contributed by atoms with van der Waals surface area (Å²) in [6.07, 6.45) is -5.61. The summed E-state index contributed by atoms with van der Waals surface area (Å²) < 4.78 is 47.1. The quantitative estimate of drug-likeness (QED) is 0.767. The van der Waals surface area contributed by atoms with Gasteiger partial charge in [-0.3, -0.25) is 4.90 Å². The second-order valence-corrected chi connectivity index (χ2v) is 7.79. The first-order valence-electron chi connectivity index (χ1n) is 9.53. The Kier molecular flexibility index (Phi) is 5.13. The van der Waals surface area contributed by atoms with Gasteiger partial charge in [0.15, 0.2) is 0 Å². The summed E-state index contributed by atoms with van der Waals surface area (Å²) in [5.41, 5.74) is -0.0747. The molecule has 1 aromatic carbocycles. The number of anilines is 1. The van der Waals surface area contributed by atoms with Gasteiger partial charge in [-0.25, -0.2) is 0 Å². The Morgan fingerprint density at radius 1 is 1.11 bits per heavy atom. The zero-order valence-electron chi connectivity index (χ0n) is 15.5. The number of carboxylic acid groups (broad SMARTS) is 1. The van der Waals surface area contributed by atoms with Gasteiger partial charge in [0.2, 0.25) is 0 Å². The van der Waals surface area contributed by atoms with E-state index >= 15 is 0 Å². The van der Waals surface area contributed by atoms with Gasteiger partial charge in [-0.2, -0.15) is 13.2 Å². The van der Waals surface area contributed by atoms with Crippen LogP contribution in [0, 0.1) is 11.8 Å². The molecule has 3 heterocycles. The number of likely N-dealkylation sites (tertiary alicyclic amines) is 2. The number of benzene rings is 1. The standard InChI is InChI=1S/C19H24F3N3O3/c20-19(21,22)17-13(2-1-3-16(17)24-4-6-28-7-5-24)8-23-9-14-11-25(18(26)27)12-15(14)10-23/h1-3,14-15H,4-12H2,(H,26,27)/p-1. The van der Waals surface area contributed by atoms with Crippen molar-refractivity contribution in [3.63, 3.8) is 0 Å². The van der Waals surface area contributed by atoms with E-state index < -0.39 is 17.8 Å². The van der Waals surface area contributed by atoms with Crippen molar-refractivity contribution in [2.45, 2.75) is 12.7 Å². The lowest BCUT2D eigenvalue weighted by atomic mass is 10.0. The highest BCUT2D eigenvalue weighted by Gasteiger charge is 2.42. The first-order chi connectivity index (χ1) is 13.3. The lowest BCUT2D eigenvalue weighted by molar-refractivity contribution is -0.264. The summed E-state index contributed by atoms with van der Waals surface area (Å²) >= 11 is 0. The smallest absolute Gasteiger partial charge is 0.418 e. The lowest BCUT2D eigenvalue weighted by Gasteiger charge is -2.32. The topological polar surface area (TPSA) is 59.1 Å². The van der Waals surface area contributed by atoms with Crippen molar-refractivity contribution in [2.24, 2.45) is 11.8 Å². The van der Waals surface area contributed by atoms with Crippen molar-refractivity contribution >= 4 is 11.8 Å². The summed E-state index contributed by atoms with van der Waals surface area (Å²) in [5.74, 6) is 0.323. The molecule has 3 saturated heterocycles. The van der Waals surface area contributed by atoms with E-state index in [0.717, 1.165) is 0 Å². The number of rotatable bonds is 3. The minimum absolute atomic E-state index is 0.162. The van der Waals surface area contributed by atoms with Gasteiger partial charge >= 0.3 is 6.18 Å². The molecule has 0 N–H and O–H groups in total. The predicted molar refractivity (Wildman–Crippen MR) is 93.7 cm³/mol. The molecule has 0 aliphatic carbocycles. The number of morpholine rings is 1. The van der Waals surface area contributed by atoms with E-state index in [1.54, 1.807) is 17.0 Å². The van der Waals surface area contributed by atoms with Crippen LogP contribution < -0.4 is 10.0 Å². The van der Waals surface area contributed by atoms with Crippen LogP contribution in [-0.2, 0) is 17.5 Å². The molecule has 0 radical (unpaired) electrons. The fourth-order valence-corrected chi connectivity index (χ4v) is 4.72. The van der Waals surface area contributed by atoms with E-state index in [1.807, 2.05) is 4.90 Å². The monoisotopic (exact) mass is 398 g/mol. The van der Waals surface area contributed by atoms with Crippen molar-refractivity contribution in [2.75, 3.05) is 57.4 Å². The van der Waals surface area contributed by atoms with Gasteiger partial charge in [-0.05, 0) is 23.5 Å². The summed E-state index contributed by atoms with van der Waals surface area (Å²) in [6.45, 7) is 3.97. The molecule has 9 heteroatoms. The van der Waals surface area contributed by atoms with Crippen LogP contribution in [0.3, 0.4) is 0 Å². The third-order valence-electron chi connectivity index (χ3n) is 5.98. The van der Waals surface area contributed by atoms with E-state index in [0.29, 0.717) is 52.5 Å². The lowest BCUT2D eigenvalue weighted by Crippen LogP contribution is -2.41. The van der Waals surface area contributed by atoms with E-state index in [-0.39, 0.29) is 29.6 Å². The van der Waals surface area contributed by atoms with Gasteiger partial charge in [0.25, 0.3) is 0 Å². The summed E-state index contributed by atoms with van der Waals surface area (Å²) in [6, 6.07) is 4.77. The first-order valence-corrected chi connectivity index (χ1v) is 9.53. The molecule has 6 nitrogen and oxygen atoms in total. The fourth-order valence-electron chi connectivity index (χ4n) is 4.72. The van der Waals surface area contributed by atoms with Gasteiger partial charge < -0.3 is 24.4 Å². The second-order valence-electron chi connectivity index (χ2n) is 7.79. The summed E-state index contributed by atoms with van der Waals surface area (Å²) in [5, 5.41) is 11.0. The van der Waals surface area contributed by atoms with E-state index in [2.05, 4.69) is 0 Å². The molecule has 2 atom stereocenters. The number of carbonyl (C=O) groups is 1. The third kappa shape index (κ3) is 3.77. The van der Waals surface area contributed by atoms with Gasteiger partial charge in [-0.1, -0.05) is 12.1 Å². The molecule has 154 valence electrons. The third-order valence-corrected chi connectivity index (χ3v) is 5.98. The molecule has 3 fully saturated rings. The van der Waals surface area contributed by atoms with Crippen molar-refractivity contribution in [1.82, 2.24) is 9.80 Å². The SMILES string of the molecule is O=C([O-])N1CC2CN(Cc3cccc(N4CCOCC4)c3C(F)(F)F)CC2C1. The van der Waals surface area contributed by atoms with Crippen LogP contribution in [0.1, 0.15) is 11.1 Å². The number of halogens is 3. The number of hydrogen-bond donors (Lipinski definition) is 0. The molecule has 0 saturated carbocycles. The van der Waals surface area contributed by atoms with Crippen LogP contribution >= 0.6 is 0 Å². The van der Waals surface area contributed by atoms with Crippen LogP contribution in [0.25, 0.3) is 0 Å². The number of amides is 1. The highest BCUT2D eigenvalue weighted by molar-refractivity contribution is 5.63. The van der Waals surface area contributed by atoms with Crippen molar-refractivity contribution in [3.8, 4) is 0 Å². The molecule has 0 spiro atoms. The molecule has 4 rings (SSSR count). The van der Waals surface area contributed by atoms with Crippen LogP contribution in [-0.4, -0.2) is 68.4 Å². The Morgan fingerprint density at radius 2 is 1.75 bits per heavy atom. The Labute approximate surface area is 161 Å². The normalized spacial score (nSPS) is 26.0. The maximum atomic E-state index is 14.0. The first kappa shape index (κ1) is 19.3. The molecule has 1 amide bonds. The van der Waals surface area contributed by atoms with Crippen molar-refractivity contribution < 1.29 is 27.8 Å². The molecule has 0 aromatic heterocycles. The van der Waals surface area contributed by atoms with Crippen LogP contribution in [0.15, 0.2) is 18.2 Å². The Morgan fingerprint density at radius 3 is 2.32 bits per heavy atom. The average molecular weight is 398 g/mol. The Balaban J connectivity index is 1.53. The van der Waals surface area contributed by atoms with Crippen molar-refractivity contribution in [1.29, 1.82) is 0 Å². The highest BCUT2D eigenvalue weighted by Crippen LogP contribution is 2.41. The van der Waals surface area contributed by atoms with Crippen LogP contribution in [0.4, 0.5) is 23.7 Å². The summed E-state index contributed by atoms with van der Waals surface area (Å²) in [4.78, 5) is 16.1. The van der Waals surface area contributed by atoms with Crippen molar-refractivity contribution in [3.05, 3.63) is 29.3 Å². The Bertz CT molecular complexity index is 723. The number of ether oxygens (including phenoxy) is 1. The highest BCUT2D eigenvalue weighted by atomic mass is 19.4. The number of nitrogens with zero attached hydrogens (tertiary/aromatic N) is 3. The molecular weight excluding hydrogens is 375 g/mol. The molecule has 0 bridgehead atoms. The Hall–Kier alpha value is -2.00. The maximum Gasteiger partial charge on any atom is 0.418 e. The van der Waals surface area contributed by atoms with Gasteiger partial charge in [0.1, 0.15) is 6.09 Å². The van der Waals surface area contributed by atoms with Crippen LogP contribution in [0.2, 0.25) is 0 Å². The molecule has 28 heavy (non-hydrogen) atoms. The fraction of sp³-hybridized carbons (Fsp3) is 0.632. The minimum Gasteiger partial charge on any atom is -0.530 e.